The van der Waals surface area contributed by atoms with Crippen LogP contribution in [-0.2, 0) is 9.59 Å². The molecule has 4 atom stereocenters. The Morgan fingerprint density at radius 2 is 1.68 bits per heavy atom. The quantitative estimate of drug-likeness (QED) is 0.482. The number of fused-ring (bicyclic) bond motifs is 5. The van der Waals surface area contributed by atoms with Crippen molar-refractivity contribution in [2.24, 2.45) is 28.8 Å². The maximum Gasteiger partial charge on any atom is 0.254 e. The predicted octanol–water partition coefficient (Wildman–Crippen LogP) is 2.41. The van der Waals surface area contributed by atoms with Gasteiger partial charge in [-0.1, -0.05) is 12.2 Å². The molecule has 0 radical (unpaired) electrons. The molecule has 2 aliphatic carbocycles. The van der Waals surface area contributed by atoms with Gasteiger partial charge in [-0.15, -0.1) is 0 Å². The molecule has 4 unspecified atom stereocenters. The van der Waals surface area contributed by atoms with Crippen LogP contribution in [0.15, 0.2) is 33.8 Å². The third-order valence-corrected chi connectivity index (χ3v) is 6.03. The Labute approximate surface area is 146 Å². The van der Waals surface area contributed by atoms with Crippen LogP contribution < -0.4 is 4.90 Å². The molecule has 1 aromatic heterocycles. The number of hydrazone groups is 1. The van der Waals surface area contributed by atoms with E-state index in [0.29, 0.717) is 5.76 Å². The van der Waals surface area contributed by atoms with Crippen LogP contribution in [0.1, 0.15) is 31.4 Å². The highest BCUT2D eigenvalue weighted by molar-refractivity contribution is 6.06. The van der Waals surface area contributed by atoms with Crippen LogP contribution in [0.2, 0.25) is 0 Å². The molecule has 5 rings (SSSR count). The average molecular weight is 339 g/mol. The van der Waals surface area contributed by atoms with Gasteiger partial charge in [0.05, 0.1) is 18.1 Å². The zero-order chi connectivity index (χ0) is 17.0. The second-order valence-corrected chi connectivity index (χ2v) is 7.46. The fraction of sp³-hybridized carbons (Fsp3) is 0.526. The Kier molecular flexibility index (Phi) is 3.33. The summed E-state index contributed by atoms with van der Waals surface area (Å²) in [6.45, 7) is 2.01. The van der Waals surface area contributed by atoms with E-state index in [1.807, 2.05) is 12.1 Å². The number of anilines is 1. The maximum absolute atomic E-state index is 12.6. The van der Waals surface area contributed by atoms with Gasteiger partial charge in [-0.2, -0.15) is 10.1 Å². The number of nitrogens with zero attached hydrogens (tertiary/aromatic N) is 3. The highest BCUT2D eigenvalue weighted by atomic mass is 16.4. The molecule has 2 aliphatic heterocycles. The van der Waals surface area contributed by atoms with Gasteiger partial charge in [-0.25, -0.2) is 0 Å². The average Bonchev–Trinajstić information content (AvgIpc) is 3.40. The summed E-state index contributed by atoms with van der Waals surface area (Å²) in [4.78, 5) is 27.4. The van der Waals surface area contributed by atoms with Crippen molar-refractivity contribution in [1.82, 2.24) is 5.01 Å². The summed E-state index contributed by atoms with van der Waals surface area (Å²) in [7, 11) is 0. The SMILES string of the molecule is O=C1C2C3C=CC(C3)C2C(=O)N1/N=C/c1ccc(N2CCCCC2)o1. The third kappa shape index (κ3) is 2.27. The largest absolute Gasteiger partial charge is 0.440 e. The first-order chi connectivity index (χ1) is 12.2. The number of carbonyl (C=O) groups is 2. The first-order valence-electron chi connectivity index (χ1n) is 9.17. The van der Waals surface area contributed by atoms with E-state index >= 15 is 0 Å². The molecule has 0 spiro atoms. The molecule has 130 valence electrons. The van der Waals surface area contributed by atoms with E-state index in [0.717, 1.165) is 30.4 Å². The summed E-state index contributed by atoms with van der Waals surface area (Å²) in [6, 6.07) is 3.77. The summed E-state index contributed by atoms with van der Waals surface area (Å²) in [5.74, 6) is 1.08. The van der Waals surface area contributed by atoms with E-state index in [2.05, 4.69) is 22.2 Å². The topological polar surface area (TPSA) is 66.1 Å². The standard InChI is InChI=1S/C19H21N3O3/c23-18-16-12-4-5-13(10-12)17(16)19(24)22(18)20-11-14-6-7-15(25-14)21-8-2-1-3-9-21/h4-7,11-13,16-17H,1-3,8-10H2/b20-11+. The second-order valence-electron chi connectivity index (χ2n) is 7.46. The number of allylic oxidation sites excluding steroid dienone is 2. The number of rotatable bonds is 3. The molecular formula is C19H21N3O3. The Morgan fingerprint density at radius 1 is 1.00 bits per heavy atom. The van der Waals surface area contributed by atoms with E-state index in [4.69, 9.17) is 4.42 Å². The van der Waals surface area contributed by atoms with Crippen LogP contribution in [0.4, 0.5) is 5.88 Å². The Balaban J connectivity index is 1.32. The molecule has 3 fully saturated rings. The molecular weight excluding hydrogens is 318 g/mol. The molecule has 3 heterocycles. The van der Waals surface area contributed by atoms with Gasteiger partial charge < -0.3 is 9.32 Å². The molecule has 0 N–H and O–H groups in total. The molecule has 0 aromatic carbocycles. The van der Waals surface area contributed by atoms with E-state index in [9.17, 15) is 9.59 Å². The lowest BCUT2D eigenvalue weighted by molar-refractivity contribution is -0.140. The van der Waals surface area contributed by atoms with Gasteiger partial charge in [0.15, 0.2) is 5.88 Å². The van der Waals surface area contributed by atoms with Gasteiger partial charge in [0.1, 0.15) is 5.76 Å². The first-order valence-corrected chi connectivity index (χ1v) is 9.17. The van der Waals surface area contributed by atoms with Crippen LogP contribution in [-0.4, -0.2) is 36.1 Å². The van der Waals surface area contributed by atoms with Crippen molar-refractivity contribution < 1.29 is 14.0 Å². The van der Waals surface area contributed by atoms with Crippen molar-refractivity contribution in [3.05, 3.63) is 30.0 Å². The predicted molar refractivity (Wildman–Crippen MR) is 91.9 cm³/mol. The third-order valence-electron chi connectivity index (χ3n) is 6.03. The molecule has 4 aliphatic rings. The molecule has 1 saturated carbocycles. The number of imide groups is 1. The summed E-state index contributed by atoms with van der Waals surface area (Å²) >= 11 is 0. The molecule has 25 heavy (non-hydrogen) atoms. The minimum absolute atomic E-state index is 0.161. The fourth-order valence-electron chi connectivity index (χ4n) is 4.81. The Morgan fingerprint density at radius 3 is 2.36 bits per heavy atom. The molecule has 2 amide bonds. The number of hydrogen-bond donors (Lipinski definition) is 0. The highest BCUT2D eigenvalue weighted by Gasteiger charge is 2.59. The minimum atomic E-state index is -0.208. The molecule has 2 saturated heterocycles. The van der Waals surface area contributed by atoms with E-state index in [-0.39, 0.29) is 35.5 Å². The molecule has 6 heteroatoms. The lowest BCUT2D eigenvalue weighted by Crippen LogP contribution is -2.28. The van der Waals surface area contributed by atoms with Crippen LogP contribution >= 0.6 is 0 Å². The lowest BCUT2D eigenvalue weighted by atomic mass is 9.85. The molecule has 1 aromatic rings. The van der Waals surface area contributed by atoms with Crippen LogP contribution in [0, 0.1) is 23.7 Å². The summed E-state index contributed by atoms with van der Waals surface area (Å²) < 4.78 is 5.82. The van der Waals surface area contributed by atoms with Gasteiger partial charge >= 0.3 is 0 Å². The van der Waals surface area contributed by atoms with Crippen molar-refractivity contribution >= 4 is 23.9 Å². The number of piperidine rings is 1. The van der Waals surface area contributed by atoms with Gasteiger partial charge in [0.25, 0.3) is 11.8 Å². The number of carbonyl (C=O) groups excluding carboxylic acids is 2. The zero-order valence-electron chi connectivity index (χ0n) is 14.0. The lowest BCUT2D eigenvalue weighted by Gasteiger charge is -2.25. The maximum atomic E-state index is 12.6. The summed E-state index contributed by atoms with van der Waals surface area (Å²) in [5.41, 5.74) is 0. The number of amides is 2. The summed E-state index contributed by atoms with van der Waals surface area (Å²) in [6.07, 6.45) is 10.2. The van der Waals surface area contributed by atoms with Crippen LogP contribution in [0.3, 0.4) is 0 Å². The molecule has 6 nitrogen and oxygen atoms in total. The normalized spacial score (nSPS) is 33.9. The van der Waals surface area contributed by atoms with Gasteiger partial charge in [-0.3, -0.25) is 9.59 Å². The smallest absolute Gasteiger partial charge is 0.254 e. The van der Waals surface area contributed by atoms with E-state index < -0.39 is 0 Å². The van der Waals surface area contributed by atoms with Gasteiger partial charge in [0.2, 0.25) is 0 Å². The van der Waals surface area contributed by atoms with Gasteiger partial charge in [-0.05, 0) is 43.6 Å². The van der Waals surface area contributed by atoms with Gasteiger partial charge in [0, 0.05) is 19.2 Å². The second kappa shape index (κ2) is 5.58. The summed E-state index contributed by atoms with van der Waals surface area (Å²) in [5, 5.41) is 5.22. The van der Waals surface area contributed by atoms with Crippen molar-refractivity contribution in [2.75, 3.05) is 18.0 Å². The number of furan rings is 1. The van der Waals surface area contributed by atoms with Crippen LogP contribution in [0.25, 0.3) is 0 Å². The fourth-order valence-corrected chi connectivity index (χ4v) is 4.81. The van der Waals surface area contributed by atoms with Crippen molar-refractivity contribution in [3.63, 3.8) is 0 Å². The highest BCUT2D eigenvalue weighted by Crippen LogP contribution is 2.52. The van der Waals surface area contributed by atoms with Crippen LogP contribution in [0.5, 0.6) is 0 Å². The minimum Gasteiger partial charge on any atom is -0.440 e. The number of hydrogen-bond acceptors (Lipinski definition) is 5. The Bertz CT molecular complexity index is 745. The van der Waals surface area contributed by atoms with Crippen molar-refractivity contribution in [3.8, 4) is 0 Å². The van der Waals surface area contributed by atoms with E-state index in [1.165, 1.54) is 25.5 Å². The zero-order valence-corrected chi connectivity index (χ0v) is 14.0. The van der Waals surface area contributed by atoms with E-state index in [1.54, 1.807) is 0 Å². The monoisotopic (exact) mass is 339 g/mol. The first kappa shape index (κ1) is 14.9. The van der Waals surface area contributed by atoms with Crippen molar-refractivity contribution in [1.29, 1.82) is 0 Å². The molecule has 2 bridgehead atoms. The Hall–Kier alpha value is -2.37. The van der Waals surface area contributed by atoms with Crippen molar-refractivity contribution in [2.45, 2.75) is 25.7 Å².